The van der Waals surface area contributed by atoms with Crippen molar-refractivity contribution in [3.63, 3.8) is 0 Å². The van der Waals surface area contributed by atoms with E-state index in [9.17, 15) is 19.2 Å². The van der Waals surface area contributed by atoms with Crippen molar-refractivity contribution in [3.05, 3.63) is 53.0 Å². The summed E-state index contributed by atoms with van der Waals surface area (Å²) in [5.41, 5.74) is 0.608. The molecule has 4 aliphatic carbocycles. The zero-order valence-electron chi connectivity index (χ0n) is 20.5. The van der Waals surface area contributed by atoms with Crippen LogP contribution in [0.3, 0.4) is 0 Å². The van der Waals surface area contributed by atoms with Gasteiger partial charge in [0.2, 0.25) is 11.8 Å². The second kappa shape index (κ2) is 8.28. The molecule has 8 rings (SSSR count). The number of rotatable bonds is 7. The lowest BCUT2D eigenvalue weighted by molar-refractivity contribution is -0.136. The van der Waals surface area contributed by atoms with Gasteiger partial charge in [-0.25, -0.2) is 0 Å². The molecule has 4 bridgehead atoms. The zero-order chi connectivity index (χ0) is 25.3. The molecular formula is C28H29N3O6. The predicted octanol–water partition coefficient (Wildman–Crippen LogP) is 2.93. The highest BCUT2D eigenvalue weighted by Crippen LogP contribution is 2.60. The molecule has 5 fully saturated rings. The molecular weight excluding hydrogens is 474 g/mol. The summed E-state index contributed by atoms with van der Waals surface area (Å²) >= 11 is 0. The van der Waals surface area contributed by atoms with E-state index in [1.807, 2.05) is 12.1 Å². The van der Waals surface area contributed by atoms with E-state index in [2.05, 4.69) is 10.6 Å². The van der Waals surface area contributed by atoms with Gasteiger partial charge in [-0.2, -0.15) is 0 Å². The van der Waals surface area contributed by atoms with Gasteiger partial charge < -0.3 is 14.5 Å². The molecule has 9 nitrogen and oxygen atoms in total. The van der Waals surface area contributed by atoms with Crippen molar-refractivity contribution in [1.29, 1.82) is 0 Å². The van der Waals surface area contributed by atoms with E-state index in [-0.39, 0.29) is 41.9 Å². The number of carbonyl (C=O) groups excluding carboxylic acids is 4. The summed E-state index contributed by atoms with van der Waals surface area (Å²) in [6.45, 7) is 0.791. The number of hydrogen-bond acceptors (Lipinski definition) is 7. The van der Waals surface area contributed by atoms with Crippen LogP contribution in [0, 0.1) is 17.8 Å². The Morgan fingerprint density at radius 1 is 1.00 bits per heavy atom. The summed E-state index contributed by atoms with van der Waals surface area (Å²) in [5, 5.41) is 6.04. The Bertz CT molecular complexity index is 1320. The highest BCUT2D eigenvalue weighted by Gasteiger charge is 2.57. The van der Waals surface area contributed by atoms with Crippen molar-refractivity contribution in [1.82, 2.24) is 15.5 Å². The second-order valence-corrected chi connectivity index (χ2v) is 11.3. The van der Waals surface area contributed by atoms with Crippen molar-refractivity contribution < 1.29 is 28.3 Å². The Morgan fingerprint density at radius 2 is 1.78 bits per heavy atom. The fraction of sp³-hybridized carbons (Fsp3) is 0.500. The summed E-state index contributed by atoms with van der Waals surface area (Å²) in [6, 6.07) is 7.65. The van der Waals surface area contributed by atoms with Gasteiger partial charge >= 0.3 is 0 Å². The van der Waals surface area contributed by atoms with E-state index in [0.717, 1.165) is 28.4 Å². The minimum Gasteiger partial charge on any atom is -0.485 e. The molecule has 6 aliphatic rings. The average molecular weight is 504 g/mol. The van der Waals surface area contributed by atoms with Crippen LogP contribution in [0.25, 0.3) is 0 Å². The van der Waals surface area contributed by atoms with Gasteiger partial charge in [0.25, 0.3) is 11.8 Å². The molecule has 0 spiro atoms. The Labute approximate surface area is 213 Å². The Balaban J connectivity index is 1.02. The van der Waals surface area contributed by atoms with Crippen molar-refractivity contribution in [2.75, 3.05) is 0 Å². The number of carbonyl (C=O) groups is 4. The van der Waals surface area contributed by atoms with Crippen LogP contribution >= 0.6 is 0 Å². The van der Waals surface area contributed by atoms with Crippen molar-refractivity contribution in [3.8, 4) is 5.75 Å². The summed E-state index contributed by atoms with van der Waals surface area (Å²) < 4.78 is 12.0. The first kappa shape index (κ1) is 22.7. The standard InChI is InChI=1S/C28H29N3O6/c32-23-7-6-21(25(33)30-23)31-26(34)20-2-1-3-22(24(20)27(31)35)36-14-19-5-4-18(37-19)13-29-28-11-15-8-16(12-28)10-17(28)9-15/h1-5,15-17,21,29H,6-14H2,(H,30,32,33). The number of imide groups is 2. The number of benzene rings is 1. The molecule has 3 heterocycles. The average Bonchev–Trinajstić information content (AvgIpc) is 3.57. The highest BCUT2D eigenvalue weighted by molar-refractivity contribution is 6.24. The minimum atomic E-state index is -1.01. The number of ether oxygens (including phenoxy) is 1. The Kier molecular flexibility index (Phi) is 5.08. The zero-order valence-corrected chi connectivity index (χ0v) is 20.5. The summed E-state index contributed by atoms with van der Waals surface area (Å²) in [6.07, 6.45) is 6.89. The maximum absolute atomic E-state index is 13.2. The number of furan rings is 1. The van der Waals surface area contributed by atoms with Crippen LogP contribution in [-0.4, -0.2) is 40.1 Å². The molecule has 1 aromatic carbocycles. The normalized spacial score (nSPS) is 31.8. The molecule has 0 radical (unpaired) electrons. The first-order valence-electron chi connectivity index (χ1n) is 13.2. The van der Waals surface area contributed by atoms with Crippen LogP contribution in [-0.2, 0) is 22.7 Å². The number of amides is 4. The fourth-order valence-electron chi connectivity index (χ4n) is 7.70. The molecule has 3 atom stereocenters. The van der Waals surface area contributed by atoms with Gasteiger partial charge in [0, 0.05) is 12.0 Å². The molecule has 2 aliphatic heterocycles. The van der Waals surface area contributed by atoms with E-state index in [1.165, 1.54) is 32.1 Å². The van der Waals surface area contributed by atoms with E-state index < -0.39 is 29.7 Å². The van der Waals surface area contributed by atoms with Crippen LogP contribution in [0.1, 0.15) is 77.2 Å². The number of piperidine rings is 1. The first-order valence-corrected chi connectivity index (χ1v) is 13.2. The number of nitrogens with one attached hydrogen (secondary N) is 2. The van der Waals surface area contributed by atoms with Crippen LogP contribution in [0.15, 0.2) is 34.7 Å². The van der Waals surface area contributed by atoms with Crippen molar-refractivity contribution in [2.45, 2.75) is 69.7 Å². The molecule has 2 aromatic rings. The molecule has 192 valence electrons. The molecule has 4 amide bonds. The van der Waals surface area contributed by atoms with Gasteiger partial charge in [-0.1, -0.05) is 6.07 Å². The monoisotopic (exact) mass is 503 g/mol. The lowest BCUT2D eigenvalue weighted by atomic mass is 9.80. The topological polar surface area (TPSA) is 118 Å². The van der Waals surface area contributed by atoms with E-state index >= 15 is 0 Å². The predicted molar refractivity (Wildman–Crippen MR) is 129 cm³/mol. The third-order valence-corrected chi connectivity index (χ3v) is 9.12. The third-order valence-electron chi connectivity index (χ3n) is 9.12. The second-order valence-electron chi connectivity index (χ2n) is 11.3. The molecule has 1 saturated heterocycles. The molecule has 2 N–H and O–H groups in total. The number of fused-ring (bicyclic) bond motifs is 1. The summed E-state index contributed by atoms with van der Waals surface area (Å²) in [5.74, 6) is 2.14. The summed E-state index contributed by atoms with van der Waals surface area (Å²) in [7, 11) is 0. The van der Waals surface area contributed by atoms with Gasteiger partial charge in [-0.05, 0) is 80.5 Å². The van der Waals surface area contributed by atoms with Crippen LogP contribution in [0.4, 0.5) is 0 Å². The Morgan fingerprint density at radius 3 is 2.57 bits per heavy atom. The van der Waals surface area contributed by atoms with Gasteiger partial charge in [0.05, 0.1) is 17.7 Å². The van der Waals surface area contributed by atoms with Crippen LogP contribution in [0.2, 0.25) is 0 Å². The maximum atomic E-state index is 13.2. The van der Waals surface area contributed by atoms with E-state index in [1.54, 1.807) is 18.2 Å². The SMILES string of the molecule is O=C1CCC(N2C(=O)c3cccc(OCc4ccc(CNC56CC7CC(CC5C7)C6)o4)c3C2=O)C(=O)N1. The molecule has 9 heteroatoms. The Hall–Kier alpha value is -3.46. The lowest BCUT2D eigenvalue weighted by Crippen LogP contribution is -2.54. The van der Waals surface area contributed by atoms with E-state index in [0.29, 0.717) is 12.3 Å². The quantitative estimate of drug-likeness (QED) is 0.558. The van der Waals surface area contributed by atoms with E-state index in [4.69, 9.17) is 9.15 Å². The lowest BCUT2D eigenvalue weighted by Gasteiger charge is -2.33. The largest absolute Gasteiger partial charge is 0.485 e. The van der Waals surface area contributed by atoms with Gasteiger partial charge in [-0.3, -0.25) is 29.4 Å². The summed E-state index contributed by atoms with van der Waals surface area (Å²) in [4.78, 5) is 51.0. The molecule has 1 aromatic heterocycles. The van der Waals surface area contributed by atoms with Crippen molar-refractivity contribution in [2.24, 2.45) is 17.8 Å². The smallest absolute Gasteiger partial charge is 0.266 e. The fourth-order valence-corrected chi connectivity index (χ4v) is 7.70. The molecule has 37 heavy (non-hydrogen) atoms. The number of nitrogens with zero attached hydrogens (tertiary/aromatic N) is 1. The molecule has 4 saturated carbocycles. The van der Waals surface area contributed by atoms with Gasteiger partial charge in [0.1, 0.15) is 29.9 Å². The van der Waals surface area contributed by atoms with Crippen LogP contribution < -0.4 is 15.4 Å². The minimum absolute atomic E-state index is 0.0752. The van der Waals surface area contributed by atoms with Crippen LogP contribution in [0.5, 0.6) is 5.75 Å². The first-order chi connectivity index (χ1) is 17.9. The third kappa shape index (κ3) is 3.62. The maximum Gasteiger partial charge on any atom is 0.266 e. The van der Waals surface area contributed by atoms with Crippen molar-refractivity contribution >= 4 is 23.6 Å². The van der Waals surface area contributed by atoms with Gasteiger partial charge in [0.15, 0.2) is 0 Å². The number of hydrogen-bond donors (Lipinski definition) is 2. The van der Waals surface area contributed by atoms with Gasteiger partial charge in [-0.15, -0.1) is 0 Å². The molecule has 3 unspecified atom stereocenters. The highest BCUT2D eigenvalue weighted by atomic mass is 16.5.